The van der Waals surface area contributed by atoms with Crippen molar-refractivity contribution in [3.63, 3.8) is 0 Å². The van der Waals surface area contributed by atoms with E-state index < -0.39 is 0 Å². The molecule has 0 N–H and O–H groups in total. The van der Waals surface area contributed by atoms with E-state index in [0.717, 1.165) is 18.4 Å². The Morgan fingerprint density at radius 1 is 1.13 bits per heavy atom. The van der Waals surface area contributed by atoms with E-state index >= 15 is 0 Å². The molecule has 1 nitrogen and oxygen atoms in total. The van der Waals surface area contributed by atoms with E-state index in [2.05, 4.69) is 71.0 Å². The van der Waals surface area contributed by atoms with Gasteiger partial charge in [0.05, 0.1) is 0 Å². The molecular formula is C22H37N. The Labute approximate surface area is 144 Å². The highest BCUT2D eigenvalue weighted by atomic mass is 15.0. The summed E-state index contributed by atoms with van der Waals surface area (Å²) in [5.74, 6) is 2.42. The zero-order valence-corrected chi connectivity index (χ0v) is 16.2. The fourth-order valence-electron chi connectivity index (χ4n) is 4.61. The molecule has 130 valence electrons. The van der Waals surface area contributed by atoms with Crippen molar-refractivity contribution in [2.75, 3.05) is 20.6 Å². The Bertz CT molecular complexity index is 482. The molecule has 1 saturated carbocycles. The molecule has 3 aliphatic carbocycles. The molecule has 3 rings (SSSR count). The maximum atomic E-state index is 2.54. The number of nitrogens with zero attached hydrogens (tertiary/aromatic N) is 1. The van der Waals surface area contributed by atoms with E-state index in [1.165, 1.54) is 32.1 Å². The number of rotatable bonds is 1. The minimum Gasteiger partial charge on any atom is -0.310 e. The molecule has 4 unspecified atom stereocenters. The number of fused-ring (bicyclic) bond motifs is 2. The van der Waals surface area contributed by atoms with Crippen molar-refractivity contribution < 1.29 is 0 Å². The SMILES string of the molecule is CC1C=CC2=C(C=C1)C1(C)CCCC(C)C1CC2.CCN(C)C. The summed E-state index contributed by atoms with van der Waals surface area (Å²) in [7, 11) is 4.11. The third-order valence-corrected chi connectivity index (χ3v) is 6.35. The lowest BCUT2D eigenvalue weighted by Crippen LogP contribution is -2.40. The molecule has 0 spiro atoms. The van der Waals surface area contributed by atoms with Crippen molar-refractivity contribution in [3.05, 3.63) is 35.5 Å². The van der Waals surface area contributed by atoms with Gasteiger partial charge in [-0.25, -0.2) is 0 Å². The summed E-state index contributed by atoms with van der Waals surface area (Å²) in [5.41, 5.74) is 3.75. The first-order valence-electron chi connectivity index (χ1n) is 9.63. The Balaban J connectivity index is 0.000000338. The van der Waals surface area contributed by atoms with Gasteiger partial charge in [0.15, 0.2) is 0 Å². The molecule has 1 heteroatoms. The van der Waals surface area contributed by atoms with E-state index in [4.69, 9.17) is 0 Å². The average Bonchev–Trinajstić information content (AvgIpc) is 2.70. The number of hydrogen-bond donors (Lipinski definition) is 0. The minimum absolute atomic E-state index is 0.455. The molecule has 0 bridgehead atoms. The molecule has 3 aliphatic rings. The van der Waals surface area contributed by atoms with Gasteiger partial charge in [-0.1, -0.05) is 64.8 Å². The summed E-state index contributed by atoms with van der Waals surface area (Å²) < 4.78 is 0. The van der Waals surface area contributed by atoms with E-state index in [-0.39, 0.29) is 0 Å². The van der Waals surface area contributed by atoms with Crippen LogP contribution in [-0.2, 0) is 0 Å². The Hall–Kier alpha value is -0.820. The molecular weight excluding hydrogens is 278 g/mol. The van der Waals surface area contributed by atoms with E-state index in [1.54, 1.807) is 11.1 Å². The fourth-order valence-corrected chi connectivity index (χ4v) is 4.61. The normalized spacial score (nSPS) is 36.0. The molecule has 0 aromatic carbocycles. The van der Waals surface area contributed by atoms with Crippen LogP contribution in [0.5, 0.6) is 0 Å². The van der Waals surface area contributed by atoms with E-state index in [1.807, 2.05) is 0 Å². The van der Waals surface area contributed by atoms with Gasteiger partial charge in [0.1, 0.15) is 0 Å². The minimum atomic E-state index is 0.455. The van der Waals surface area contributed by atoms with Crippen LogP contribution < -0.4 is 0 Å². The van der Waals surface area contributed by atoms with Gasteiger partial charge in [0.25, 0.3) is 0 Å². The van der Waals surface area contributed by atoms with Crippen molar-refractivity contribution in [1.82, 2.24) is 4.90 Å². The van der Waals surface area contributed by atoms with Crippen molar-refractivity contribution >= 4 is 0 Å². The lowest BCUT2D eigenvalue weighted by Gasteiger charge is -2.50. The monoisotopic (exact) mass is 315 g/mol. The van der Waals surface area contributed by atoms with Gasteiger partial charge >= 0.3 is 0 Å². The van der Waals surface area contributed by atoms with Gasteiger partial charge in [0.2, 0.25) is 0 Å². The zero-order chi connectivity index (χ0) is 17.0. The predicted octanol–water partition coefficient (Wildman–Crippen LogP) is 5.85. The van der Waals surface area contributed by atoms with E-state index in [0.29, 0.717) is 11.3 Å². The standard InChI is InChI=1S/C18H26.C4H11N/c1-13-6-8-15-9-11-16-14(2)5-4-12-18(16,3)17(15)10-7-13;1-4-5(2)3/h6-8,10,13-14,16H,4-5,9,11-12H2,1-3H3;4H2,1-3H3. The summed E-state index contributed by atoms with van der Waals surface area (Å²) in [6.07, 6.45) is 16.6. The van der Waals surface area contributed by atoms with Crippen LogP contribution in [0, 0.1) is 23.2 Å². The first-order chi connectivity index (χ1) is 10.9. The highest BCUT2D eigenvalue weighted by molar-refractivity contribution is 5.43. The predicted molar refractivity (Wildman–Crippen MR) is 103 cm³/mol. The highest BCUT2D eigenvalue weighted by Gasteiger charge is 2.45. The molecule has 0 amide bonds. The molecule has 23 heavy (non-hydrogen) atoms. The topological polar surface area (TPSA) is 3.24 Å². The molecule has 4 atom stereocenters. The van der Waals surface area contributed by atoms with Crippen molar-refractivity contribution in [2.45, 2.75) is 59.8 Å². The van der Waals surface area contributed by atoms with Crippen molar-refractivity contribution in [3.8, 4) is 0 Å². The van der Waals surface area contributed by atoms with Crippen LogP contribution in [0.25, 0.3) is 0 Å². The smallest absolute Gasteiger partial charge is 0.00418 e. The molecule has 0 saturated heterocycles. The van der Waals surface area contributed by atoms with Crippen molar-refractivity contribution in [1.29, 1.82) is 0 Å². The second-order valence-corrected chi connectivity index (χ2v) is 8.34. The largest absolute Gasteiger partial charge is 0.310 e. The van der Waals surface area contributed by atoms with Crippen molar-refractivity contribution in [2.24, 2.45) is 23.2 Å². The first-order valence-corrected chi connectivity index (χ1v) is 9.63. The molecule has 0 aromatic rings. The van der Waals surface area contributed by atoms with Crippen LogP contribution in [-0.4, -0.2) is 25.5 Å². The van der Waals surface area contributed by atoms with Gasteiger partial charge in [-0.3, -0.25) is 0 Å². The van der Waals surface area contributed by atoms with Gasteiger partial charge in [0, 0.05) is 0 Å². The third kappa shape index (κ3) is 4.18. The number of allylic oxidation sites excluding steroid dienone is 6. The summed E-state index contributed by atoms with van der Waals surface area (Å²) >= 11 is 0. The van der Waals surface area contributed by atoms with Gasteiger partial charge in [-0.2, -0.15) is 0 Å². The Morgan fingerprint density at radius 2 is 1.78 bits per heavy atom. The highest BCUT2D eigenvalue weighted by Crippen LogP contribution is 2.55. The zero-order valence-electron chi connectivity index (χ0n) is 16.2. The third-order valence-electron chi connectivity index (χ3n) is 6.35. The summed E-state index contributed by atoms with van der Waals surface area (Å²) in [4.78, 5) is 2.12. The lowest BCUT2D eigenvalue weighted by atomic mass is 9.55. The molecule has 0 aromatic heterocycles. The van der Waals surface area contributed by atoms with Crippen LogP contribution in [0.1, 0.15) is 59.8 Å². The van der Waals surface area contributed by atoms with Crippen LogP contribution in [0.3, 0.4) is 0 Å². The fraction of sp³-hybridized carbons (Fsp3) is 0.727. The summed E-state index contributed by atoms with van der Waals surface area (Å²) in [5, 5.41) is 0. The first kappa shape index (κ1) is 18.5. The average molecular weight is 316 g/mol. The molecule has 0 aliphatic heterocycles. The van der Waals surface area contributed by atoms with Crippen LogP contribution in [0.15, 0.2) is 35.5 Å². The Kier molecular flexibility index (Phi) is 6.31. The quantitative estimate of drug-likeness (QED) is 0.586. The number of hydrogen-bond acceptors (Lipinski definition) is 1. The molecule has 0 heterocycles. The summed E-state index contributed by atoms with van der Waals surface area (Å²) in [6.45, 7) is 10.6. The van der Waals surface area contributed by atoms with Crippen LogP contribution in [0.2, 0.25) is 0 Å². The second-order valence-electron chi connectivity index (χ2n) is 8.34. The molecule has 1 fully saturated rings. The van der Waals surface area contributed by atoms with Crippen LogP contribution in [0.4, 0.5) is 0 Å². The van der Waals surface area contributed by atoms with Crippen LogP contribution >= 0.6 is 0 Å². The molecule has 0 radical (unpaired) electrons. The van der Waals surface area contributed by atoms with Gasteiger partial charge < -0.3 is 4.90 Å². The Morgan fingerprint density at radius 3 is 2.43 bits per heavy atom. The van der Waals surface area contributed by atoms with Gasteiger partial charge in [-0.05, 0) is 74.2 Å². The lowest BCUT2D eigenvalue weighted by molar-refractivity contribution is 0.0859. The van der Waals surface area contributed by atoms with Gasteiger partial charge in [-0.15, -0.1) is 0 Å². The maximum Gasteiger partial charge on any atom is -0.00418 e. The summed E-state index contributed by atoms with van der Waals surface area (Å²) in [6, 6.07) is 0. The second kappa shape index (κ2) is 7.83. The maximum absolute atomic E-state index is 2.54. The van der Waals surface area contributed by atoms with E-state index in [9.17, 15) is 0 Å².